The van der Waals surface area contributed by atoms with E-state index in [1.54, 1.807) is 0 Å². The number of halogens is 1. The molecule has 138 valence electrons. The highest BCUT2D eigenvalue weighted by atomic mass is 127. The van der Waals surface area contributed by atoms with E-state index >= 15 is 0 Å². The van der Waals surface area contributed by atoms with Crippen LogP contribution in [0.15, 0.2) is 15.6 Å². The molecular weight excluding hydrogens is 415 g/mol. The third-order valence-electron chi connectivity index (χ3n) is 5.13. The first-order valence-corrected chi connectivity index (χ1v) is 9.00. The van der Waals surface area contributed by atoms with Crippen molar-refractivity contribution in [3.8, 4) is 0 Å². The Morgan fingerprint density at radius 3 is 2.54 bits per heavy atom. The molecule has 1 saturated carbocycles. The first-order chi connectivity index (χ1) is 11.1. The minimum absolute atomic E-state index is 0. The van der Waals surface area contributed by atoms with Crippen molar-refractivity contribution in [3.05, 3.63) is 17.5 Å². The molecule has 24 heavy (non-hydrogen) atoms. The Balaban J connectivity index is 0.00000288. The fraction of sp³-hybridized carbons (Fsp3) is 0.778. The summed E-state index contributed by atoms with van der Waals surface area (Å²) in [5.74, 6) is 2.19. The van der Waals surface area contributed by atoms with Gasteiger partial charge in [0.25, 0.3) is 0 Å². The minimum atomic E-state index is 0. The molecule has 1 aliphatic rings. The van der Waals surface area contributed by atoms with Crippen LogP contribution in [-0.4, -0.2) is 24.7 Å². The van der Waals surface area contributed by atoms with Crippen molar-refractivity contribution >= 4 is 29.9 Å². The van der Waals surface area contributed by atoms with Crippen molar-refractivity contribution in [1.82, 2.24) is 15.8 Å². The predicted molar refractivity (Wildman–Crippen MR) is 110 cm³/mol. The number of nitrogens with one attached hydrogen (secondary N) is 2. The van der Waals surface area contributed by atoms with Crippen molar-refractivity contribution < 1.29 is 4.52 Å². The third-order valence-corrected chi connectivity index (χ3v) is 5.13. The van der Waals surface area contributed by atoms with Gasteiger partial charge in [0.05, 0.1) is 12.2 Å². The molecule has 1 aromatic heterocycles. The van der Waals surface area contributed by atoms with Gasteiger partial charge in [0.15, 0.2) is 11.7 Å². The van der Waals surface area contributed by atoms with Gasteiger partial charge >= 0.3 is 0 Å². The first kappa shape index (κ1) is 21.3. The Hall–Kier alpha value is -0.790. The summed E-state index contributed by atoms with van der Waals surface area (Å²) >= 11 is 0. The lowest BCUT2D eigenvalue weighted by Crippen LogP contribution is -2.41. The maximum atomic E-state index is 5.45. The molecule has 0 aromatic carbocycles. The van der Waals surface area contributed by atoms with Crippen LogP contribution in [0.1, 0.15) is 76.7 Å². The SMILES string of the molecule is CCC(CC)c1cc(CNC(=NC)NCC2(C)CCCC2)on1.I. The Kier molecular flexibility index (Phi) is 9.08. The summed E-state index contributed by atoms with van der Waals surface area (Å²) in [5, 5.41) is 11.0. The van der Waals surface area contributed by atoms with E-state index in [0.717, 1.165) is 36.8 Å². The zero-order valence-corrected chi connectivity index (χ0v) is 17.9. The van der Waals surface area contributed by atoms with Crippen molar-refractivity contribution in [2.75, 3.05) is 13.6 Å². The van der Waals surface area contributed by atoms with Crippen LogP contribution in [0.2, 0.25) is 0 Å². The van der Waals surface area contributed by atoms with Gasteiger partial charge in [0, 0.05) is 25.6 Å². The topological polar surface area (TPSA) is 62.5 Å². The highest BCUT2D eigenvalue weighted by Gasteiger charge is 2.28. The number of nitrogens with zero attached hydrogens (tertiary/aromatic N) is 2. The highest BCUT2D eigenvalue weighted by molar-refractivity contribution is 14.0. The van der Waals surface area contributed by atoms with E-state index in [2.05, 4.69) is 47.6 Å². The molecule has 6 heteroatoms. The maximum Gasteiger partial charge on any atom is 0.191 e. The van der Waals surface area contributed by atoms with Crippen LogP contribution in [0.5, 0.6) is 0 Å². The van der Waals surface area contributed by atoms with Crippen LogP contribution >= 0.6 is 24.0 Å². The number of aromatic nitrogens is 1. The number of rotatable bonds is 7. The van der Waals surface area contributed by atoms with E-state index in [4.69, 9.17) is 4.52 Å². The molecule has 0 unspecified atom stereocenters. The predicted octanol–water partition coefficient (Wildman–Crippen LogP) is 4.44. The van der Waals surface area contributed by atoms with Gasteiger partial charge in [0.1, 0.15) is 0 Å². The van der Waals surface area contributed by atoms with Gasteiger partial charge in [-0.2, -0.15) is 0 Å². The average Bonchev–Trinajstić information content (AvgIpc) is 3.19. The standard InChI is InChI=1S/C18H32N4O.HI/c1-5-14(6-2)16-11-15(23-22-16)12-20-17(19-4)21-13-18(3)9-7-8-10-18;/h11,14H,5-10,12-13H2,1-4H3,(H2,19,20,21);1H. The van der Waals surface area contributed by atoms with E-state index in [-0.39, 0.29) is 24.0 Å². The summed E-state index contributed by atoms with van der Waals surface area (Å²) in [6.45, 7) is 8.33. The van der Waals surface area contributed by atoms with Gasteiger partial charge in [0.2, 0.25) is 0 Å². The summed E-state index contributed by atoms with van der Waals surface area (Å²) < 4.78 is 5.45. The average molecular weight is 448 g/mol. The minimum Gasteiger partial charge on any atom is -0.359 e. The van der Waals surface area contributed by atoms with Crippen LogP contribution in [0.3, 0.4) is 0 Å². The van der Waals surface area contributed by atoms with Gasteiger partial charge < -0.3 is 15.2 Å². The van der Waals surface area contributed by atoms with E-state index in [1.165, 1.54) is 25.7 Å². The van der Waals surface area contributed by atoms with E-state index in [1.807, 2.05) is 7.05 Å². The first-order valence-electron chi connectivity index (χ1n) is 9.00. The molecule has 2 N–H and O–H groups in total. The fourth-order valence-electron chi connectivity index (χ4n) is 3.41. The van der Waals surface area contributed by atoms with E-state index in [9.17, 15) is 0 Å². The van der Waals surface area contributed by atoms with Crippen molar-refractivity contribution in [2.45, 2.75) is 71.8 Å². The van der Waals surface area contributed by atoms with E-state index < -0.39 is 0 Å². The lowest BCUT2D eigenvalue weighted by Gasteiger charge is -2.24. The van der Waals surface area contributed by atoms with Crippen LogP contribution in [0.25, 0.3) is 0 Å². The highest BCUT2D eigenvalue weighted by Crippen LogP contribution is 2.36. The number of aliphatic imine (C=N–C) groups is 1. The zero-order valence-electron chi connectivity index (χ0n) is 15.5. The lowest BCUT2D eigenvalue weighted by atomic mass is 9.89. The molecule has 0 aliphatic heterocycles. The molecule has 0 amide bonds. The van der Waals surface area contributed by atoms with Gasteiger partial charge in [-0.3, -0.25) is 4.99 Å². The monoisotopic (exact) mass is 448 g/mol. The van der Waals surface area contributed by atoms with Crippen molar-refractivity contribution in [3.63, 3.8) is 0 Å². The van der Waals surface area contributed by atoms with Gasteiger partial charge in [-0.25, -0.2) is 0 Å². The molecule has 0 saturated heterocycles. The smallest absolute Gasteiger partial charge is 0.191 e. The molecule has 1 aliphatic carbocycles. The Morgan fingerprint density at radius 2 is 1.96 bits per heavy atom. The third kappa shape index (κ3) is 5.93. The van der Waals surface area contributed by atoms with Crippen molar-refractivity contribution in [2.24, 2.45) is 10.4 Å². The van der Waals surface area contributed by atoms with E-state index in [0.29, 0.717) is 17.9 Å². The van der Waals surface area contributed by atoms with Crippen LogP contribution in [0, 0.1) is 5.41 Å². The quantitative estimate of drug-likeness (QED) is 0.368. The summed E-state index contributed by atoms with van der Waals surface area (Å²) in [6, 6.07) is 2.07. The largest absolute Gasteiger partial charge is 0.359 e. The molecule has 0 radical (unpaired) electrons. The van der Waals surface area contributed by atoms with Gasteiger partial charge in [-0.15, -0.1) is 24.0 Å². The second-order valence-electron chi connectivity index (χ2n) is 7.03. The maximum absolute atomic E-state index is 5.45. The zero-order chi connectivity index (χ0) is 16.7. The van der Waals surface area contributed by atoms with Crippen LogP contribution in [-0.2, 0) is 6.54 Å². The molecular formula is C18H33IN4O. The second kappa shape index (κ2) is 10.3. The molecule has 2 rings (SSSR count). The molecule has 0 spiro atoms. The number of hydrogen-bond acceptors (Lipinski definition) is 3. The molecule has 5 nitrogen and oxygen atoms in total. The Morgan fingerprint density at radius 1 is 1.29 bits per heavy atom. The molecule has 1 fully saturated rings. The molecule has 0 bridgehead atoms. The fourth-order valence-corrected chi connectivity index (χ4v) is 3.41. The van der Waals surface area contributed by atoms with Gasteiger partial charge in [-0.1, -0.05) is 38.8 Å². The Bertz CT molecular complexity index is 505. The normalized spacial score (nSPS) is 17.0. The Labute approximate surface area is 163 Å². The number of guanidine groups is 1. The van der Waals surface area contributed by atoms with Crippen LogP contribution < -0.4 is 10.6 Å². The summed E-state index contributed by atoms with van der Waals surface area (Å²) in [7, 11) is 1.81. The lowest BCUT2D eigenvalue weighted by molar-refractivity contribution is 0.333. The molecule has 1 heterocycles. The van der Waals surface area contributed by atoms with Crippen molar-refractivity contribution in [1.29, 1.82) is 0 Å². The molecule has 0 atom stereocenters. The summed E-state index contributed by atoms with van der Waals surface area (Å²) in [5.41, 5.74) is 1.47. The summed E-state index contributed by atoms with van der Waals surface area (Å²) in [6.07, 6.45) is 7.49. The van der Waals surface area contributed by atoms with Crippen LogP contribution in [0.4, 0.5) is 0 Å². The second-order valence-corrected chi connectivity index (χ2v) is 7.03. The van der Waals surface area contributed by atoms with Gasteiger partial charge in [-0.05, 0) is 31.1 Å². The number of hydrogen-bond donors (Lipinski definition) is 2. The summed E-state index contributed by atoms with van der Waals surface area (Å²) in [4.78, 5) is 4.30. The molecule has 1 aromatic rings.